The van der Waals surface area contributed by atoms with Gasteiger partial charge in [-0.1, -0.05) is 6.07 Å². The van der Waals surface area contributed by atoms with Gasteiger partial charge in [-0.3, -0.25) is 0 Å². The highest BCUT2D eigenvalue weighted by molar-refractivity contribution is 5.87. The number of hydrogen-bond acceptors (Lipinski definition) is 6. The molecule has 0 bridgehead atoms. The number of hydrogen-bond donors (Lipinski definition) is 2. The van der Waals surface area contributed by atoms with Crippen LogP contribution in [0.2, 0.25) is 0 Å². The van der Waals surface area contributed by atoms with Crippen LogP contribution in [-0.4, -0.2) is 36.3 Å². The van der Waals surface area contributed by atoms with E-state index in [1.807, 2.05) is 4.90 Å². The second kappa shape index (κ2) is 10.2. The highest BCUT2D eigenvalue weighted by Crippen LogP contribution is 2.42. The number of nitriles is 1. The van der Waals surface area contributed by atoms with Crippen LogP contribution >= 0.6 is 12.4 Å². The summed E-state index contributed by atoms with van der Waals surface area (Å²) < 4.78 is 48.6. The van der Waals surface area contributed by atoms with Crippen molar-refractivity contribution in [2.45, 2.75) is 18.9 Å². The number of rotatable bonds is 4. The van der Waals surface area contributed by atoms with E-state index in [2.05, 4.69) is 4.98 Å². The molecule has 1 fully saturated rings. The molecule has 0 unspecified atom stereocenters. The van der Waals surface area contributed by atoms with Crippen LogP contribution in [0.25, 0.3) is 22.4 Å². The monoisotopic (exact) mass is 490 g/mol. The van der Waals surface area contributed by atoms with Crippen molar-refractivity contribution in [1.29, 1.82) is 5.26 Å². The normalized spacial score (nSPS) is 13.8. The fourth-order valence-electron chi connectivity index (χ4n) is 3.91. The van der Waals surface area contributed by atoms with Gasteiger partial charge in [-0.05, 0) is 31.0 Å². The molecule has 1 aromatic heterocycles. The smallest absolute Gasteiger partial charge is 0.165 e. The van der Waals surface area contributed by atoms with Gasteiger partial charge in [-0.25, -0.2) is 18.2 Å². The van der Waals surface area contributed by atoms with Crippen molar-refractivity contribution in [3.63, 3.8) is 0 Å². The quantitative estimate of drug-likeness (QED) is 0.547. The molecule has 0 atom stereocenters. The van der Waals surface area contributed by atoms with Crippen molar-refractivity contribution in [3.05, 3.63) is 59.4 Å². The Morgan fingerprint density at radius 3 is 2.41 bits per heavy atom. The SMILES string of the molecule is COc1cc(F)c(-c2c(O)cc(N3CCC(N)CC3)nc2-c2ccc(C#N)c(F)c2)cc1F.Cl. The van der Waals surface area contributed by atoms with Gasteiger partial charge in [0.1, 0.15) is 29.3 Å². The first kappa shape index (κ1) is 25.1. The highest BCUT2D eigenvalue weighted by atomic mass is 35.5. The molecule has 34 heavy (non-hydrogen) atoms. The number of benzene rings is 2. The molecule has 0 radical (unpaired) electrons. The van der Waals surface area contributed by atoms with E-state index in [-0.39, 0.29) is 57.9 Å². The molecule has 2 heterocycles. The number of nitrogens with zero attached hydrogens (tertiary/aromatic N) is 3. The van der Waals surface area contributed by atoms with E-state index in [4.69, 9.17) is 15.7 Å². The maximum Gasteiger partial charge on any atom is 0.165 e. The van der Waals surface area contributed by atoms with Crippen LogP contribution in [0.4, 0.5) is 19.0 Å². The van der Waals surface area contributed by atoms with E-state index in [0.717, 1.165) is 31.0 Å². The van der Waals surface area contributed by atoms with Crippen LogP contribution in [-0.2, 0) is 0 Å². The van der Waals surface area contributed by atoms with Crippen LogP contribution in [0.5, 0.6) is 11.5 Å². The number of halogens is 4. The lowest BCUT2D eigenvalue weighted by Crippen LogP contribution is -2.40. The predicted molar refractivity (Wildman–Crippen MR) is 125 cm³/mol. The molecule has 3 N–H and O–H groups in total. The summed E-state index contributed by atoms with van der Waals surface area (Å²) >= 11 is 0. The van der Waals surface area contributed by atoms with E-state index < -0.39 is 17.5 Å². The first-order chi connectivity index (χ1) is 15.8. The minimum Gasteiger partial charge on any atom is -0.507 e. The summed E-state index contributed by atoms with van der Waals surface area (Å²) in [5.41, 5.74) is 5.68. The zero-order valence-corrected chi connectivity index (χ0v) is 19.0. The zero-order chi connectivity index (χ0) is 23.7. The topological polar surface area (TPSA) is 95.4 Å². The predicted octanol–water partition coefficient (Wildman–Crippen LogP) is 4.77. The molecule has 1 aliphatic rings. The number of aromatic nitrogens is 1. The van der Waals surface area contributed by atoms with Crippen molar-refractivity contribution < 1.29 is 23.0 Å². The van der Waals surface area contributed by atoms with Crippen molar-refractivity contribution in [3.8, 4) is 40.0 Å². The van der Waals surface area contributed by atoms with Crippen molar-refractivity contribution in [2.24, 2.45) is 5.73 Å². The van der Waals surface area contributed by atoms with Crippen molar-refractivity contribution in [1.82, 2.24) is 4.98 Å². The molecule has 0 saturated carbocycles. The lowest BCUT2D eigenvalue weighted by atomic mass is 9.96. The second-order valence-electron chi connectivity index (χ2n) is 7.82. The molecule has 178 valence electrons. The van der Waals surface area contributed by atoms with E-state index in [1.165, 1.54) is 25.3 Å². The maximum absolute atomic E-state index is 14.9. The summed E-state index contributed by atoms with van der Waals surface area (Å²) in [6, 6.07) is 8.74. The third-order valence-corrected chi connectivity index (χ3v) is 5.72. The molecular formula is C24H22ClF3N4O2. The second-order valence-corrected chi connectivity index (χ2v) is 7.82. The Kier molecular flexibility index (Phi) is 7.54. The first-order valence-electron chi connectivity index (χ1n) is 10.3. The zero-order valence-electron chi connectivity index (χ0n) is 18.2. The van der Waals surface area contributed by atoms with Crippen LogP contribution in [0.1, 0.15) is 18.4 Å². The molecular weight excluding hydrogens is 469 g/mol. The molecule has 0 amide bonds. The number of anilines is 1. The first-order valence-corrected chi connectivity index (χ1v) is 10.3. The van der Waals surface area contributed by atoms with E-state index in [1.54, 1.807) is 6.07 Å². The average Bonchev–Trinajstić information content (AvgIpc) is 2.80. The number of aromatic hydroxyl groups is 1. The summed E-state index contributed by atoms with van der Waals surface area (Å²) in [6.45, 7) is 1.19. The summed E-state index contributed by atoms with van der Waals surface area (Å²) in [5, 5.41) is 20.0. The standard InChI is InChI=1S/C24H21F3N4O2.ClH/c1-33-21-10-18(26)16(9-19(21)27)23-20(32)11-22(31-6-4-15(29)5-7-31)30-24(23)13-2-3-14(12-28)17(25)8-13;/h2-3,8-11,15H,4-7,29H2,1H3,(H,30,32);1H. The van der Waals surface area contributed by atoms with Gasteiger partial charge in [0.25, 0.3) is 0 Å². The van der Waals surface area contributed by atoms with Gasteiger partial charge in [-0.15, -0.1) is 12.4 Å². The van der Waals surface area contributed by atoms with Crippen LogP contribution in [0.15, 0.2) is 36.4 Å². The highest BCUT2D eigenvalue weighted by Gasteiger charge is 2.25. The number of nitrogens with two attached hydrogens (primary N) is 1. The maximum atomic E-state index is 14.9. The lowest BCUT2D eigenvalue weighted by molar-refractivity contribution is 0.383. The summed E-state index contributed by atoms with van der Waals surface area (Å²) in [4.78, 5) is 6.51. The van der Waals surface area contributed by atoms with Gasteiger partial charge in [0.05, 0.1) is 23.9 Å². The number of pyridine rings is 1. The fourth-order valence-corrected chi connectivity index (χ4v) is 3.91. The molecule has 1 aliphatic heterocycles. The van der Waals surface area contributed by atoms with Gasteiger partial charge in [0.2, 0.25) is 0 Å². The van der Waals surface area contributed by atoms with Crippen molar-refractivity contribution in [2.75, 3.05) is 25.1 Å². The fraction of sp³-hybridized carbons (Fsp3) is 0.250. The minimum absolute atomic E-state index is 0. The van der Waals surface area contributed by atoms with Gasteiger partial charge >= 0.3 is 0 Å². The number of ether oxygens (including phenoxy) is 1. The lowest BCUT2D eigenvalue weighted by Gasteiger charge is -2.31. The number of piperidine rings is 1. The van der Waals surface area contributed by atoms with Gasteiger partial charge in [0.15, 0.2) is 11.6 Å². The van der Waals surface area contributed by atoms with Crippen LogP contribution in [0, 0.1) is 28.8 Å². The van der Waals surface area contributed by atoms with Gasteiger partial charge in [0, 0.05) is 42.4 Å². The molecule has 1 saturated heterocycles. The Labute approximate surface area is 200 Å². The van der Waals surface area contributed by atoms with Crippen molar-refractivity contribution >= 4 is 18.2 Å². The Morgan fingerprint density at radius 1 is 1.09 bits per heavy atom. The summed E-state index contributed by atoms with van der Waals surface area (Å²) in [6.07, 6.45) is 1.45. The molecule has 10 heteroatoms. The Bertz CT molecular complexity index is 1260. The Morgan fingerprint density at radius 2 is 1.79 bits per heavy atom. The summed E-state index contributed by atoms with van der Waals surface area (Å²) in [7, 11) is 1.21. The molecule has 0 aliphatic carbocycles. The third-order valence-electron chi connectivity index (χ3n) is 5.72. The summed E-state index contributed by atoms with van der Waals surface area (Å²) in [5.74, 6) is -2.72. The molecule has 6 nitrogen and oxygen atoms in total. The third kappa shape index (κ3) is 4.74. The van der Waals surface area contributed by atoms with Gasteiger partial charge in [-0.2, -0.15) is 5.26 Å². The molecule has 0 spiro atoms. The van der Waals surface area contributed by atoms with E-state index in [0.29, 0.717) is 18.9 Å². The minimum atomic E-state index is -0.850. The van der Waals surface area contributed by atoms with Crippen LogP contribution in [0.3, 0.4) is 0 Å². The largest absolute Gasteiger partial charge is 0.507 e. The molecule has 2 aromatic carbocycles. The molecule has 4 rings (SSSR count). The van der Waals surface area contributed by atoms with Crippen LogP contribution < -0.4 is 15.4 Å². The van der Waals surface area contributed by atoms with E-state index in [9.17, 15) is 18.3 Å². The number of methoxy groups -OCH3 is 1. The van der Waals surface area contributed by atoms with E-state index >= 15 is 0 Å². The Balaban J connectivity index is 0.00000324. The Hall–Kier alpha value is -3.48. The van der Waals surface area contributed by atoms with Gasteiger partial charge < -0.3 is 20.5 Å². The average molecular weight is 491 g/mol. The molecule has 3 aromatic rings.